The van der Waals surface area contributed by atoms with Crippen LogP contribution < -0.4 is 11.3 Å². The average Bonchev–Trinajstić information content (AvgIpc) is 2.87. The molecule has 1 heterocycles. The Bertz CT molecular complexity index is 541. The van der Waals surface area contributed by atoms with Crippen LogP contribution in [0.1, 0.15) is 41.9 Å². The summed E-state index contributed by atoms with van der Waals surface area (Å²) in [6, 6.07) is 7.78. The zero-order chi connectivity index (χ0) is 13.8. The zero-order valence-corrected chi connectivity index (χ0v) is 12.5. The van der Waals surface area contributed by atoms with Crippen LogP contribution in [-0.4, -0.2) is 9.59 Å². The van der Waals surface area contributed by atoms with Crippen LogP contribution in [0.2, 0.25) is 5.02 Å². The summed E-state index contributed by atoms with van der Waals surface area (Å²) in [5.74, 6) is 6.02. The number of hydrazine groups is 1. The first kappa shape index (κ1) is 14.4. The number of aromatic nitrogens is 2. The molecule has 0 radical (unpaired) electrons. The largest absolute Gasteiger partial charge is 0.271 e. The van der Waals surface area contributed by atoms with Crippen molar-refractivity contribution in [2.24, 2.45) is 5.84 Å². The van der Waals surface area contributed by atoms with Gasteiger partial charge in [-0.15, -0.1) is 5.10 Å². The second kappa shape index (κ2) is 6.43. The Morgan fingerprint density at radius 2 is 2.11 bits per heavy atom. The zero-order valence-electron chi connectivity index (χ0n) is 10.9. The van der Waals surface area contributed by atoms with Gasteiger partial charge in [-0.05, 0) is 35.5 Å². The van der Waals surface area contributed by atoms with E-state index >= 15 is 0 Å². The van der Waals surface area contributed by atoms with Gasteiger partial charge in [0.15, 0.2) is 0 Å². The van der Waals surface area contributed by atoms with Crippen LogP contribution in [0, 0.1) is 0 Å². The van der Waals surface area contributed by atoms with E-state index in [0.29, 0.717) is 5.92 Å². The molecule has 6 heteroatoms. The molecule has 1 unspecified atom stereocenters. The Balaban J connectivity index is 2.26. The molecule has 3 N–H and O–H groups in total. The number of hydrogen-bond donors (Lipinski definition) is 2. The van der Waals surface area contributed by atoms with E-state index in [1.807, 2.05) is 24.3 Å². The molecule has 2 rings (SSSR count). The van der Waals surface area contributed by atoms with Gasteiger partial charge >= 0.3 is 0 Å². The van der Waals surface area contributed by atoms with Crippen molar-refractivity contribution in [2.45, 2.75) is 32.2 Å². The van der Waals surface area contributed by atoms with Crippen LogP contribution in [-0.2, 0) is 6.42 Å². The van der Waals surface area contributed by atoms with Crippen molar-refractivity contribution in [1.82, 2.24) is 15.0 Å². The molecular formula is C13H17ClN4S. The number of nitrogens with two attached hydrogens (primary N) is 1. The van der Waals surface area contributed by atoms with Crippen LogP contribution in [0.25, 0.3) is 0 Å². The number of halogens is 1. The van der Waals surface area contributed by atoms with Crippen molar-refractivity contribution in [3.63, 3.8) is 0 Å². The van der Waals surface area contributed by atoms with E-state index in [9.17, 15) is 0 Å². The van der Waals surface area contributed by atoms with Crippen LogP contribution >= 0.6 is 23.1 Å². The molecule has 0 bridgehead atoms. The number of rotatable bonds is 5. The summed E-state index contributed by atoms with van der Waals surface area (Å²) in [4.78, 5) is 1.08. The van der Waals surface area contributed by atoms with Crippen molar-refractivity contribution in [2.75, 3.05) is 0 Å². The highest BCUT2D eigenvalue weighted by Gasteiger charge is 2.21. The highest BCUT2D eigenvalue weighted by atomic mass is 35.5. The van der Waals surface area contributed by atoms with Gasteiger partial charge < -0.3 is 0 Å². The fourth-order valence-corrected chi connectivity index (χ4v) is 3.04. The monoisotopic (exact) mass is 296 g/mol. The molecule has 4 nitrogen and oxygen atoms in total. The molecule has 102 valence electrons. The fraction of sp³-hybridized carbons (Fsp3) is 0.385. The van der Waals surface area contributed by atoms with Crippen molar-refractivity contribution >= 4 is 23.1 Å². The Hall–Kier alpha value is -1.01. The van der Waals surface area contributed by atoms with Gasteiger partial charge in [-0.1, -0.05) is 48.1 Å². The van der Waals surface area contributed by atoms with E-state index < -0.39 is 0 Å². The lowest BCUT2D eigenvalue weighted by Gasteiger charge is -2.16. The summed E-state index contributed by atoms with van der Waals surface area (Å²) in [5, 5.41) is 4.94. The van der Waals surface area contributed by atoms with E-state index in [-0.39, 0.29) is 6.04 Å². The normalized spacial score (nSPS) is 12.9. The predicted octanol–water partition coefficient (Wildman–Crippen LogP) is 3.06. The third-order valence-corrected chi connectivity index (χ3v) is 4.21. The number of hydrogen-bond acceptors (Lipinski definition) is 5. The smallest absolute Gasteiger partial charge is 0.0829 e. The molecular weight excluding hydrogens is 280 g/mol. The second-order valence-electron chi connectivity index (χ2n) is 4.69. The van der Waals surface area contributed by atoms with Gasteiger partial charge in [0.05, 0.1) is 16.6 Å². The Morgan fingerprint density at radius 1 is 1.37 bits per heavy atom. The average molecular weight is 297 g/mol. The van der Waals surface area contributed by atoms with Crippen LogP contribution in [0.15, 0.2) is 24.3 Å². The molecule has 0 fully saturated rings. The minimum Gasteiger partial charge on any atom is -0.271 e. The van der Waals surface area contributed by atoms with Gasteiger partial charge in [-0.25, -0.2) is 0 Å². The van der Waals surface area contributed by atoms with E-state index in [2.05, 4.69) is 28.9 Å². The topological polar surface area (TPSA) is 63.8 Å². The first-order valence-corrected chi connectivity index (χ1v) is 7.30. The van der Waals surface area contributed by atoms with Gasteiger partial charge in [0.25, 0.3) is 0 Å². The van der Waals surface area contributed by atoms with Gasteiger partial charge in [0.1, 0.15) is 0 Å². The molecule has 2 aromatic rings. The third kappa shape index (κ3) is 3.30. The molecule has 0 spiro atoms. The molecule has 0 saturated heterocycles. The number of nitrogens with one attached hydrogen (secondary N) is 1. The summed E-state index contributed by atoms with van der Waals surface area (Å²) in [5.41, 5.74) is 4.91. The molecule has 1 atom stereocenters. The van der Waals surface area contributed by atoms with Gasteiger partial charge in [-0.2, -0.15) is 0 Å². The molecule has 0 saturated carbocycles. The van der Waals surface area contributed by atoms with Crippen LogP contribution in [0.5, 0.6) is 0 Å². The summed E-state index contributed by atoms with van der Waals surface area (Å²) in [7, 11) is 0. The first-order chi connectivity index (χ1) is 9.13. The molecule has 0 amide bonds. The van der Waals surface area contributed by atoms with E-state index in [4.69, 9.17) is 17.4 Å². The minimum absolute atomic E-state index is 0.0164. The molecule has 0 aliphatic rings. The molecule has 0 aliphatic carbocycles. The Labute approximate surface area is 122 Å². The van der Waals surface area contributed by atoms with Crippen molar-refractivity contribution in [1.29, 1.82) is 0 Å². The summed E-state index contributed by atoms with van der Waals surface area (Å²) >= 11 is 7.58. The SMILES string of the molecule is CC(C)c1nnsc1C(Cc1ccccc1Cl)NN. The van der Waals surface area contributed by atoms with Gasteiger partial charge in [0.2, 0.25) is 0 Å². The quantitative estimate of drug-likeness (QED) is 0.657. The van der Waals surface area contributed by atoms with Gasteiger partial charge in [0, 0.05) is 5.02 Å². The second-order valence-corrected chi connectivity index (χ2v) is 5.88. The summed E-state index contributed by atoms with van der Waals surface area (Å²) in [6.45, 7) is 4.20. The van der Waals surface area contributed by atoms with Crippen LogP contribution in [0.4, 0.5) is 0 Å². The van der Waals surface area contributed by atoms with Crippen molar-refractivity contribution < 1.29 is 0 Å². The van der Waals surface area contributed by atoms with Crippen molar-refractivity contribution in [3.05, 3.63) is 45.4 Å². The maximum atomic E-state index is 6.19. The Morgan fingerprint density at radius 3 is 2.74 bits per heavy atom. The fourth-order valence-electron chi connectivity index (χ4n) is 1.96. The third-order valence-electron chi connectivity index (χ3n) is 2.99. The highest BCUT2D eigenvalue weighted by Crippen LogP contribution is 2.29. The summed E-state index contributed by atoms with van der Waals surface area (Å²) < 4.78 is 4.04. The predicted molar refractivity (Wildman–Crippen MR) is 79.2 cm³/mol. The standard InChI is InChI=1S/C13H17ClN4S/c1-8(2)12-13(19-18-17-12)11(16-15)7-9-5-3-4-6-10(9)14/h3-6,8,11,16H,7,15H2,1-2H3. The minimum atomic E-state index is -0.0164. The number of nitrogens with zero attached hydrogens (tertiary/aromatic N) is 2. The lowest BCUT2D eigenvalue weighted by Crippen LogP contribution is -2.29. The van der Waals surface area contributed by atoms with E-state index in [1.165, 1.54) is 11.5 Å². The van der Waals surface area contributed by atoms with Crippen molar-refractivity contribution in [3.8, 4) is 0 Å². The lowest BCUT2D eigenvalue weighted by molar-refractivity contribution is 0.551. The molecule has 0 aliphatic heterocycles. The molecule has 1 aromatic heterocycles. The van der Waals surface area contributed by atoms with E-state index in [0.717, 1.165) is 27.6 Å². The van der Waals surface area contributed by atoms with Gasteiger partial charge in [-0.3, -0.25) is 11.3 Å². The summed E-state index contributed by atoms with van der Waals surface area (Å²) in [6.07, 6.45) is 0.722. The first-order valence-electron chi connectivity index (χ1n) is 6.15. The number of benzene rings is 1. The maximum Gasteiger partial charge on any atom is 0.0829 e. The van der Waals surface area contributed by atoms with Crippen LogP contribution in [0.3, 0.4) is 0 Å². The lowest BCUT2D eigenvalue weighted by atomic mass is 10.0. The Kier molecular flexibility index (Phi) is 4.87. The highest BCUT2D eigenvalue weighted by molar-refractivity contribution is 7.05. The molecule has 19 heavy (non-hydrogen) atoms. The maximum absolute atomic E-state index is 6.19. The van der Waals surface area contributed by atoms with E-state index in [1.54, 1.807) is 0 Å². The molecule has 1 aromatic carbocycles.